The smallest absolute Gasteiger partial charge is 0.0271 e. The van der Waals surface area contributed by atoms with E-state index in [-0.39, 0.29) is 0 Å². The van der Waals surface area contributed by atoms with E-state index in [0.29, 0.717) is 9.65 Å². The summed E-state index contributed by atoms with van der Waals surface area (Å²) in [6, 6.07) is 0. The molecule has 0 aliphatic carbocycles. The van der Waals surface area contributed by atoms with Crippen molar-refractivity contribution in [2.75, 3.05) is 0 Å². The first kappa shape index (κ1) is 21.0. The third-order valence-electron chi connectivity index (χ3n) is 3.98. The van der Waals surface area contributed by atoms with Crippen LogP contribution in [0.3, 0.4) is 0 Å². The maximum atomic E-state index is 3.99. The lowest BCUT2D eigenvalue weighted by atomic mass is 10.0. The van der Waals surface area contributed by atoms with Crippen LogP contribution >= 0.6 is 31.9 Å². The number of alkyl halides is 2. The first-order chi connectivity index (χ1) is 9.68. The average molecular weight is 411 g/mol. The van der Waals surface area contributed by atoms with Crippen LogP contribution in [-0.2, 0) is 0 Å². The SMILES string of the molecule is [CH2]C(Br)C(Br)CCCCCCCCCCCCCCC. The molecule has 0 aromatic rings. The van der Waals surface area contributed by atoms with Crippen molar-refractivity contribution in [1.82, 2.24) is 0 Å². The Bertz CT molecular complexity index is 180. The molecule has 2 unspecified atom stereocenters. The third kappa shape index (κ3) is 15.4. The molecule has 0 nitrogen and oxygen atoms in total. The van der Waals surface area contributed by atoms with E-state index in [1.807, 2.05) is 0 Å². The highest BCUT2D eigenvalue weighted by molar-refractivity contribution is 9.12. The van der Waals surface area contributed by atoms with Gasteiger partial charge in [0.1, 0.15) is 0 Å². The van der Waals surface area contributed by atoms with E-state index in [2.05, 4.69) is 45.7 Å². The second kappa shape index (κ2) is 16.3. The second-order valence-corrected chi connectivity index (χ2v) is 8.42. The number of hydrogen-bond donors (Lipinski definition) is 0. The molecule has 20 heavy (non-hydrogen) atoms. The predicted octanol–water partition coefficient (Wildman–Crippen LogP) is 7.83. The van der Waals surface area contributed by atoms with Gasteiger partial charge < -0.3 is 0 Å². The molecule has 0 saturated carbocycles. The average Bonchev–Trinajstić information content (AvgIpc) is 2.43. The Morgan fingerprint density at radius 3 is 1.35 bits per heavy atom. The Balaban J connectivity index is 3.03. The first-order valence-corrected chi connectivity index (χ1v) is 10.6. The molecule has 0 saturated heterocycles. The Morgan fingerprint density at radius 1 is 0.650 bits per heavy atom. The molecule has 0 aromatic heterocycles. The summed E-state index contributed by atoms with van der Waals surface area (Å²) in [6.07, 6.45) is 19.8. The van der Waals surface area contributed by atoms with Gasteiger partial charge in [-0.3, -0.25) is 0 Å². The van der Waals surface area contributed by atoms with Crippen molar-refractivity contribution < 1.29 is 0 Å². The quantitative estimate of drug-likeness (QED) is 0.190. The van der Waals surface area contributed by atoms with Crippen molar-refractivity contribution in [3.8, 4) is 0 Å². The van der Waals surface area contributed by atoms with Gasteiger partial charge >= 0.3 is 0 Å². The van der Waals surface area contributed by atoms with Crippen LogP contribution in [0.4, 0.5) is 0 Å². The number of halogens is 2. The van der Waals surface area contributed by atoms with Gasteiger partial charge in [0.15, 0.2) is 0 Å². The predicted molar refractivity (Wildman–Crippen MR) is 101 cm³/mol. The summed E-state index contributed by atoms with van der Waals surface area (Å²) >= 11 is 7.19. The molecular weight excluding hydrogens is 376 g/mol. The molecule has 0 heterocycles. The molecule has 0 fully saturated rings. The highest BCUT2D eigenvalue weighted by atomic mass is 79.9. The summed E-state index contributed by atoms with van der Waals surface area (Å²) in [7, 11) is 0. The zero-order valence-electron chi connectivity index (χ0n) is 13.5. The Labute approximate surface area is 145 Å². The van der Waals surface area contributed by atoms with Gasteiger partial charge in [-0.25, -0.2) is 0 Å². The zero-order chi connectivity index (χ0) is 15.1. The minimum absolute atomic E-state index is 0.347. The third-order valence-corrected chi connectivity index (χ3v) is 6.42. The minimum atomic E-state index is 0.347. The van der Waals surface area contributed by atoms with E-state index < -0.39 is 0 Å². The van der Waals surface area contributed by atoms with Gasteiger partial charge in [-0.05, 0) is 13.3 Å². The van der Waals surface area contributed by atoms with Crippen molar-refractivity contribution in [3.05, 3.63) is 6.92 Å². The molecular formula is C18H35Br2. The van der Waals surface area contributed by atoms with Crippen molar-refractivity contribution in [2.24, 2.45) is 0 Å². The summed E-state index contributed by atoms with van der Waals surface area (Å²) in [4.78, 5) is 0.884. The van der Waals surface area contributed by atoms with Crippen LogP contribution in [0.15, 0.2) is 0 Å². The lowest BCUT2D eigenvalue weighted by molar-refractivity contribution is 0.535. The molecule has 0 aliphatic heterocycles. The van der Waals surface area contributed by atoms with E-state index in [9.17, 15) is 0 Å². The summed E-state index contributed by atoms with van der Waals surface area (Å²) in [5.74, 6) is 0. The van der Waals surface area contributed by atoms with Crippen LogP contribution in [-0.4, -0.2) is 9.65 Å². The molecule has 0 spiro atoms. The van der Waals surface area contributed by atoms with E-state index in [0.717, 1.165) is 0 Å². The Hall–Kier alpha value is 0.960. The summed E-state index contributed by atoms with van der Waals surface area (Å²) in [6.45, 7) is 6.28. The van der Waals surface area contributed by atoms with Crippen LogP contribution in [0.1, 0.15) is 96.8 Å². The number of unbranched alkanes of at least 4 members (excludes halogenated alkanes) is 12. The Morgan fingerprint density at radius 2 is 1.00 bits per heavy atom. The van der Waals surface area contributed by atoms with Crippen LogP contribution in [0.2, 0.25) is 0 Å². The molecule has 1 radical (unpaired) electrons. The number of rotatable bonds is 15. The van der Waals surface area contributed by atoms with Gasteiger partial charge in [0.25, 0.3) is 0 Å². The molecule has 121 valence electrons. The monoisotopic (exact) mass is 409 g/mol. The van der Waals surface area contributed by atoms with Gasteiger partial charge in [-0.1, -0.05) is 122 Å². The summed E-state index contributed by atoms with van der Waals surface area (Å²) in [5.41, 5.74) is 0. The standard InChI is InChI=1S/C18H35Br2/c1-3-4-5-6-7-8-9-10-11-12-13-14-15-16-18(20)17(2)19/h17-18H,2-16H2,1H3. The lowest BCUT2D eigenvalue weighted by Crippen LogP contribution is -2.09. The van der Waals surface area contributed by atoms with Crippen LogP contribution in [0, 0.1) is 6.92 Å². The van der Waals surface area contributed by atoms with Gasteiger partial charge in [-0.2, -0.15) is 0 Å². The van der Waals surface area contributed by atoms with Gasteiger partial charge in [0.2, 0.25) is 0 Å². The fraction of sp³-hybridized carbons (Fsp3) is 0.944. The maximum Gasteiger partial charge on any atom is 0.0271 e. The van der Waals surface area contributed by atoms with Crippen LogP contribution < -0.4 is 0 Å². The number of hydrogen-bond acceptors (Lipinski definition) is 0. The largest absolute Gasteiger partial charge is 0.0879 e. The van der Waals surface area contributed by atoms with Crippen molar-refractivity contribution in [2.45, 2.75) is 106 Å². The topological polar surface area (TPSA) is 0 Å². The van der Waals surface area contributed by atoms with E-state index in [1.54, 1.807) is 0 Å². The van der Waals surface area contributed by atoms with Crippen molar-refractivity contribution >= 4 is 31.9 Å². The molecule has 2 atom stereocenters. The van der Waals surface area contributed by atoms with Gasteiger partial charge in [0.05, 0.1) is 0 Å². The van der Waals surface area contributed by atoms with E-state index >= 15 is 0 Å². The van der Waals surface area contributed by atoms with E-state index in [4.69, 9.17) is 0 Å². The Kier molecular flexibility index (Phi) is 17.1. The van der Waals surface area contributed by atoms with Gasteiger partial charge in [0, 0.05) is 9.65 Å². The zero-order valence-corrected chi connectivity index (χ0v) is 16.7. The first-order valence-electron chi connectivity index (χ1n) is 8.79. The molecule has 0 bridgehead atoms. The summed E-state index contributed by atoms with van der Waals surface area (Å²) in [5, 5.41) is 0. The highest BCUT2D eigenvalue weighted by Gasteiger charge is 2.09. The minimum Gasteiger partial charge on any atom is -0.0879 e. The molecule has 0 aromatic carbocycles. The van der Waals surface area contributed by atoms with Crippen molar-refractivity contribution in [3.63, 3.8) is 0 Å². The molecule has 0 N–H and O–H groups in total. The molecule has 0 rings (SSSR count). The van der Waals surface area contributed by atoms with Crippen LogP contribution in [0.5, 0.6) is 0 Å². The van der Waals surface area contributed by atoms with Crippen LogP contribution in [0.25, 0.3) is 0 Å². The normalized spacial score (nSPS) is 14.4. The maximum absolute atomic E-state index is 3.99. The summed E-state index contributed by atoms with van der Waals surface area (Å²) < 4.78 is 0. The van der Waals surface area contributed by atoms with Gasteiger partial charge in [-0.15, -0.1) is 0 Å². The van der Waals surface area contributed by atoms with E-state index in [1.165, 1.54) is 89.9 Å². The fourth-order valence-electron chi connectivity index (χ4n) is 2.54. The molecule has 2 heteroatoms. The van der Waals surface area contributed by atoms with Crippen molar-refractivity contribution in [1.29, 1.82) is 0 Å². The second-order valence-electron chi connectivity index (χ2n) is 6.06. The highest BCUT2D eigenvalue weighted by Crippen LogP contribution is 2.20. The molecule has 0 aliphatic rings. The fourth-order valence-corrected chi connectivity index (χ4v) is 3.13. The molecule has 0 amide bonds. The lowest BCUT2D eigenvalue weighted by Gasteiger charge is -2.11.